The quantitative estimate of drug-likeness (QED) is 0.322. The Morgan fingerprint density at radius 1 is 0.763 bits per heavy atom. The summed E-state index contributed by atoms with van der Waals surface area (Å²) in [6, 6.07) is 20.2. The molecule has 0 unspecified atom stereocenters. The van der Waals surface area contributed by atoms with E-state index in [1.54, 1.807) is 69.7 Å². The van der Waals surface area contributed by atoms with Crippen molar-refractivity contribution in [2.24, 2.45) is 0 Å². The van der Waals surface area contributed by atoms with Crippen LogP contribution in [0, 0.1) is 11.3 Å². The lowest BCUT2D eigenvalue weighted by Crippen LogP contribution is -2.34. The van der Waals surface area contributed by atoms with Crippen LogP contribution in [0.2, 0.25) is 0 Å². The molecule has 0 saturated carbocycles. The second kappa shape index (κ2) is 13.9. The number of rotatable bonds is 13. The van der Waals surface area contributed by atoms with Crippen LogP contribution in [-0.4, -0.2) is 65.9 Å². The van der Waals surface area contributed by atoms with Gasteiger partial charge in [-0.2, -0.15) is 5.26 Å². The first-order valence-corrected chi connectivity index (χ1v) is 12.4. The number of benzene rings is 3. The predicted molar refractivity (Wildman–Crippen MR) is 148 cm³/mol. The Morgan fingerprint density at radius 2 is 1.37 bits per heavy atom. The van der Waals surface area contributed by atoms with Crippen LogP contribution in [0.25, 0.3) is 0 Å². The molecule has 8 nitrogen and oxygen atoms in total. The Morgan fingerprint density at radius 3 is 1.97 bits per heavy atom. The summed E-state index contributed by atoms with van der Waals surface area (Å²) >= 11 is 0. The number of ether oxygens (including phenoxy) is 4. The highest BCUT2D eigenvalue weighted by molar-refractivity contribution is 6.06. The lowest BCUT2D eigenvalue weighted by Gasteiger charge is -2.25. The van der Waals surface area contributed by atoms with Gasteiger partial charge in [0.1, 0.15) is 0 Å². The molecule has 0 aliphatic heterocycles. The maximum Gasteiger partial charge on any atom is 0.258 e. The standard InChI is InChI=1S/C30H35N3O5/c1-32(18-15-22-9-13-26(35-2)28(19-22)37-4)16-6-17-33(25-12-14-27(36-3)29(20-25)38-5)30(34)24-10-7-23(21-31)8-11-24/h7-14,19-20H,6,15-18H2,1-5H3. The number of hydrogen-bond donors (Lipinski definition) is 0. The Balaban J connectivity index is 1.69. The summed E-state index contributed by atoms with van der Waals surface area (Å²) in [6.07, 6.45) is 1.62. The molecule has 0 radical (unpaired) electrons. The van der Waals surface area contributed by atoms with Gasteiger partial charge < -0.3 is 28.7 Å². The average molecular weight is 518 g/mol. The highest BCUT2D eigenvalue weighted by Crippen LogP contribution is 2.32. The van der Waals surface area contributed by atoms with Crippen molar-refractivity contribution >= 4 is 11.6 Å². The molecule has 3 rings (SSSR count). The summed E-state index contributed by atoms with van der Waals surface area (Å²) in [5.41, 5.74) is 2.90. The number of amides is 1. The summed E-state index contributed by atoms with van der Waals surface area (Å²) in [5, 5.41) is 9.11. The second-order valence-electron chi connectivity index (χ2n) is 8.78. The zero-order valence-corrected chi connectivity index (χ0v) is 22.7. The number of anilines is 1. The van der Waals surface area contributed by atoms with Gasteiger partial charge in [0.15, 0.2) is 23.0 Å². The SMILES string of the molecule is COc1ccc(CCN(C)CCCN(C(=O)c2ccc(C#N)cc2)c2ccc(OC)c(OC)c2)cc1OC. The fourth-order valence-corrected chi connectivity index (χ4v) is 4.15. The molecule has 8 heteroatoms. The zero-order chi connectivity index (χ0) is 27.5. The van der Waals surface area contributed by atoms with Gasteiger partial charge in [0.05, 0.1) is 40.1 Å². The maximum absolute atomic E-state index is 13.5. The van der Waals surface area contributed by atoms with E-state index in [-0.39, 0.29) is 5.91 Å². The van der Waals surface area contributed by atoms with Crippen molar-refractivity contribution in [1.29, 1.82) is 5.26 Å². The van der Waals surface area contributed by atoms with E-state index in [2.05, 4.69) is 18.0 Å². The second-order valence-corrected chi connectivity index (χ2v) is 8.78. The number of nitrogens with zero attached hydrogens (tertiary/aromatic N) is 3. The van der Waals surface area contributed by atoms with Crippen LogP contribution < -0.4 is 23.8 Å². The Kier molecular flexibility index (Phi) is 10.4. The molecule has 0 atom stereocenters. The molecule has 0 aliphatic rings. The molecule has 200 valence electrons. The Labute approximate surface area is 224 Å². The molecule has 3 aromatic rings. The van der Waals surface area contributed by atoms with Crippen molar-refractivity contribution in [3.8, 4) is 29.1 Å². The smallest absolute Gasteiger partial charge is 0.258 e. The minimum Gasteiger partial charge on any atom is -0.493 e. The van der Waals surface area contributed by atoms with E-state index >= 15 is 0 Å². The van der Waals surface area contributed by atoms with Crippen LogP contribution in [0.15, 0.2) is 60.7 Å². The first kappa shape index (κ1) is 28.4. The number of methoxy groups -OCH3 is 4. The predicted octanol–water partition coefficient (Wildman–Crippen LogP) is 4.80. The number of carbonyl (C=O) groups excluding carboxylic acids is 1. The van der Waals surface area contributed by atoms with Gasteiger partial charge in [-0.05, 0) is 80.5 Å². The van der Waals surface area contributed by atoms with Gasteiger partial charge in [-0.3, -0.25) is 4.79 Å². The largest absolute Gasteiger partial charge is 0.493 e. The third-order valence-corrected chi connectivity index (χ3v) is 6.34. The van der Waals surface area contributed by atoms with Gasteiger partial charge in [0.2, 0.25) is 0 Å². The van der Waals surface area contributed by atoms with E-state index in [9.17, 15) is 4.79 Å². The molecule has 38 heavy (non-hydrogen) atoms. The van der Waals surface area contributed by atoms with E-state index < -0.39 is 0 Å². The third kappa shape index (κ3) is 7.17. The van der Waals surface area contributed by atoms with Crippen LogP contribution in [0.4, 0.5) is 5.69 Å². The van der Waals surface area contributed by atoms with E-state index in [4.69, 9.17) is 24.2 Å². The van der Waals surface area contributed by atoms with Gasteiger partial charge in [-0.1, -0.05) is 6.07 Å². The number of likely N-dealkylation sites (N-methyl/N-ethyl adjacent to an activating group) is 1. The summed E-state index contributed by atoms with van der Waals surface area (Å²) in [6.45, 7) is 2.17. The van der Waals surface area contributed by atoms with E-state index in [1.165, 1.54) is 0 Å². The Bertz CT molecular complexity index is 1250. The van der Waals surface area contributed by atoms with Gasteiger partial charge in [0.25, 0.3) is 5.91 Å². The fraction of sp³-hybridized carbons (Fsp3) is 0.333. The molecule has 0 aliphatic carbocycles. The molecule has 0 N–H and O–H groups in total. The highest BCUT2D eigenvalue weighted by atomic mass is 16.5. The van der Waals surface area contributed by atoms with Crippen molar-refractivity contribution < 1.29 is 23.7 Å². The van der Waals surface area contributed by atoms with Crippen molar-refractivity contribution in [2.75, 3.05) is 60.0 Å². The van der Waals surface area contributed by atoms with Gasteiger partial charge in [0, 0.05) is 30.4 Å². The molecule has 3 aromatic carbocycles. The van der Waals surface area contributed by atoms with Gasteiger partial charge in [-0.15, -0.1) is 0 Å². The lowest BCUT2D eigenvalue weighted by molar-refractivity contribution is 0.0986. The monoisotopic (exact) mass is 517 g/mol. The minimum atomic E-state index is -0.144. The van der Waals surface area contributed by atoms with E-state index in [0.717, 1.165) is 37.2 Å². The van der Waals surface area contributed by atoms with Crippen LogP contribution >= 0.6 is 0 Å². The minimum absolute atomic E-state index is 0.144. The highest BCUT2D eigenvalue weighted by Gasteiger charge is 2.20. The number of hydrogen-bond acceptors (Lipinski definition) is 7. The fourth-order valence-electron chi connectivity index (χ4n) is 4.15. The van der Waals surface area contributed by atoms with Crippen molar-refractivity contribution in [3.05, 3.63) is 77.4 Å². The normalized spacial score (nSPS) is 10.6. The summed E-state index contributed by atoms with van der Waals surface area (Å²) in [5.74, 6) is 2.44. The third-order valence-electron chi connectivity index (χ3n) is 6.34. The van der Waals surface area contributed by atoms with Crippen LogP contribution in [0.3, 0.4) is 0 Å². The van der Waals surface area contributed by atoms with Crippen molar-refractivity contribution in [3.63, 3.8) is 0 Å². The van der Waals surface area contributed by atoms with E-state index in [1.807, 2.05) is 24.3 Å². The van der Waals surface area contributed by atoms with Crippen molar-refractivity contribution in [1.82, 2.24) is 4.90 Å². The topological polar surface area (TPSA) is 84.3 Å². The molecule has 0 bridgehead atoms. The molecule has 1 amide bonds. The molecule has 0 heterocycles. The Hall–Kier alpha value is -4.22. The molecular weight excluding hydrogens is 482 g/mol. The summed E-state index contributed by atoms with van der Waals surface area (Å²) < 4.78 is 21.6. The lowest BCUT2D eigenvalue weighted by atomic mass is 10.1. The van der Waals surface area contributed by atoms with Crippen LogP contribution in [-0.2, 0) is 6.42 Å². The number of carbonyl (C=O) groups is 1. The average Bonchev–Trinajstić information content (AvgIpc) is 2.97. The molecular formula is C30H35N3O5. The summed E-state index contributed by atoms with van der Waals surface area (Å²) in [7, 11) is 8.49. The molecule has 0 aromatic heterocycles. The van der Waals surface area contributed by atoms with Crippen molar-refractivity contribution in [2.45, 2.75) is 12.8 Å². The van der Waals surface area contributed by atoms with Gasteiger partial charge in [-0.25, -0.2) is 0 Å². The zero-order valence-electron chi connectivity index (χ0n) is 22.7. The maximum atomic E-state index is 13.5. The van der Waals surface area contributed by atoms with E-state index in [0.29, 0.717) is 40.6 Å². The number of nitriles is 1. The molecule has 0 fully saturated rings. The molecule has 0 saturated heterocycles. The van der Waals surface area contributed by atoms with Crippen LogP contribution in [0.5, 0.6) is 23.0 Å². The van der Waals surface area contributed by atoms with Gasteiger partial charge >= 0.3 is 0 Å². The first-order valence-electron chi connectivity index (χ1n) is 12.4. The first-order chi connectivity index (χ1) is 18.4. The molecule has 0 spiro atoms. The van der Waals surface area contributed by atoms with Crippen LogP contribution in [0.1, 0.15) is 27.9 Å². The summed E-state index contributed by atoms with van der Waals surface area (Å²) in [4.78, 5) is 17.5.